The van der Waals surface area contributed by atoms with Gasteiger partial charge in [0.1, 0.15) is 18.8 Å². The van der Waals surface area contributed by atoms with Crippen LogP contribution in [0.3, 0.4) is 0 Å². The van der Waals surface area contributed by atoms with Crippen molar-refractivity contribution in [3.8, 4) is 0 Å². The minimum Gasteiger partial charge on any atom is -0.450 e. The summed E-state index contributed by atoms with van der Waals surface area (Å²) in [6, 6.07) is 0. The minimum absolute atomic E-state index is 0.0942. The van der Waals surface area contributed by atoms with Crippen LogP contribution in [0.2, 0.25) is 0 Å². The maximum atomic E-state index is 11.6. The molecule has 2 aliphatic rings. The van der Waals surface area contributed by atoms with Crippen LogP contribution in [-0.2, 0) is 47.9 Å². The fourth-order valence-corrected chi connectivity index (χ4v) is 0.838. The van der Waals surface area contributed by atoms with Gasteiger partial charge in [-0.05, 0) is 0 Å². The molecule has 114 valence electrons. The van der Waals surface area contributed by atoms with Gasteiger partial charge < -0.3 is 18.9 Å². The van der Waals surface area contributed by atoms with Gasteiger partial charge in [0.25, 0.3) is 11.5 Å². The largest absolute Gasteiger partial charge is 0.450 e. The van der Waals surface area contributed by atoms with Crippen LogP contribution in [-0.4, -0.2) is 23.9 Å². The molecule has 0 bridgehead atoms. The molecular weight excluding hydrogens is 304 g/mol. The highest BCUT2D eigenvalue weighted by Gasteiger charge is 2.28. The highest BCUT2D eigenvalue weighted by molar-refractivity contribution is 5.94. The van der Waals surface area contributed by atoms with Gasteiger partial charge in [0, 0.05) is 6.08 Å². The second-order valence-corrected chi connectivity index (χ2v) is 3.45. The molecule has 0 atom stereocenters. The van der Waals surface area contributed by atoms with Crippen molar-refractivity contribution in [2.75, 3.05) is 0 Å². The third-order valence-corrected chi connectivity index (χ3v) is 1.92. The van der Waals surface area contributed by atoms with Gasteiger partial charge in [-0.15, -0.1) is 0 Å². The third-order valence-electron chi connectivity index (χ3n) is 1.92. The van der Waals surface area contributed by atoms with Crippen LogP contribution in [0.1, 0.15) is 0 Å². The summed E-state index contributed by atoms with van der Waals surface area (Å²) >= 11 is 0. The van der Waals surface area contributed by atoms with E-state index in [0.29, 0.717) is 6.26 Å². The van der Waals surface area contributed by atoms with E-state index in [9.17, 15) is 19.2 Å². The fraction of sp³-hybridized carbons (Fsp3) is 0. The number of rotatable bonds is 6. The van der Waals surface area contributed by atoms with E-state index in [4.69, 9.17) is 0 Å². The van der Waals surface area contributed by atoms with Crippen molar-refractivity contribution in [1.82, 2.24) is 0 Å². The fourth-order valence-electron chi connectivity index (χ4n) is 0.838. The van der Waals surface area contributed by atoms with E-state index in [1.807, 2.05) is 0 Å². The van der Waals surface area contributed by atoms with Crippen molar-refractivity contribution < 1.29 is 47.9 Å². The Morgan fingerprint density at radius 3 is 2.14 bits per heavy atom. The van der Waals surface area contributed by atoms with E-state index in [-0.39, 0.29) is 11.5 Å². The van der Waals surface area contributed by atoms with Gasteiger partial charge in [0.2, 0.25) is 5.76 Å². The SMILES string of the molecule is C=CC(=O)O/C(=C\OC(=O)C1=CO1)C(=O)OOC(=O)C1=CO1. The maximum Gasteiger partial charge on any atom is 0.424 e. The molecule has 0 aromatic rings. The molecule has 0 aliphatic carbocycles. The summed E-state index contributed by atoms with van der Waals surface area (Å²) in [5.41, 5.74) is 0. The third kappa shape index (κ3) is 4.23. The molecular formula is C12H6O10. The molecule has 0 aromatic carbocycles. The zero-order valence-electron chi connectivity index (χ0n) is 10.6. The Morgan fingerprint density at radius 2 is 1.59 bits per heavy atom. The van der Waals surface area contributed by atoms with Crippen molar-refractivity contribution in [1.29, 1.82) is 0 Å². The molecule has 10 heteroatoms. The lowest BCUT2D eigenvalue weighted by atomic mass is 10.5. The summed E-state index contributed by atoms with van der Waals surface area (Å²) in [4.78, 5) is 53.0. The first-order chi connectivity index (χ1) is 10.5. The van der Waals surface area contributed by atoms with E-state index >= 15 is 0 Å². The second kappa shape index (κ2) is 6.26. The van der Waals surface area contributed by atoms with Gasteiger partial charge in [-0.3, -0.25) is 0 Å². The number of hydrogen-bond donors (Lipinski definition) is 0. The summed E-state index contributed by atoms with van der Waals surface area (Å²) in [6.45, 7) is 3.11. The summed E-state index contributed by atoms with van der Waals surface area (Å²) in [7, 11) is 0. The van der Waals surface area contributed by atoms with Gasteiger partial charge in [-0.1, -0.05) is 6.58 Å². The smallest absolute Gasteiger partial charge is 0.424 e. The van der Waals surface area contributed by atoms with Crippen LogP contribution in [0.5, 0.6) is 0 Å². The highest BCUT2D eigenvalue weighted by Crippen LogP contribution is 2.16. The molecule has 22 heavy (non-hydrogen) atoms. The first kappa shape index (κ1) is 14.8. The lowest BCUT2D eigenvalue weighted by Crippen LogP contribution is -2.17. The summed E-state index contributed by atoms with van der Waals surface area (Å²) in [5.74, 6) is -5.58. The molecule has 0 N–H and O–H groups in total. The van der Waals surface area contributed by atoms with Crippen molar-refractivity contribution in [2.45, 2.75) is 0 Å². The Labute approximate surface area is 121 Å². The van der Waals surface area contributed by atoms with Crippen LogP contribution in [0, 0.1) is 0 Å². The summed E-state index contributed by atoms with van der Waals surface area (Å²) < 4.78 is 17.8. The standard InChI is InChI=1S/C12H6O10/c1-2-9(13)20-8(5-19-10(14)6-3-17-6)12(16)22-21-11(15)7-4-18-7/h2-5H,1H2/b8-5-. The molecule has 2 heterocycles. The van der Waals surface area contributed by atoms with E-state index in [1.54, 1.807) is 0 Å². The second-order valence-electron chi connectivity index (χ2n) is 3.45. The van der Waals surface area contributed by atoms with Crippen LogP contribution >= 0.6 is 0 Å². The lowest BCUT2D eigenvalue weighted by molar-refractivity contribution is -0.255. The van der Waals surface area contributed by atoms with Gasteiger partial charge >= 0.3 is 23.9 Å². The van der Waals surface area contributed by atoms with Gasteiger partial charge in [0.15, 0.2) is 0 Å². The first-order valence-electron chi connectivity index (χ1n) is 5.43. The molecule has 2 aliphatic heterocycles. The topological polar surface area (TPSA) is 130 Å². The number of carbonyl (C=O) groups is 4. The van der Waals surface area contributed by atoms with Crippen molar-refractivity contribution in [3.63, 3.8) is 0 Å². The number of hydrogen-bond acceptors (Lipinski definition) is 10. The van der Waals surface area contributed by atoms with E-state index in [0.717, 1.165) is 18.6 Å². The van der Waals surface area contributed by atoms with E-state index in [1.165, 1.54) is 0 Å². The molecule has 0 spiro atoms. The first-order valence-corrected chi connectivity index (χ1v) is 5.43. The van der Waals surface area contributed by atoms with Crippen LogP contribution in [0.15, 0.2) is 48.7 Å². The highest BCUT2D eigenvalue weighted by atomic mass is 17.2. The van der Waals surface area contributed by atoms with E-state index < -0.39 is 29.6 Å². The average Bonchev–Trinajstić information content (AvgIpc) is 3.39. The van der Waals surface area contributed by atoms with Crippen molar-refractivity contribution in [2.24, 2.45) is 0 Å². The van der Waals surface area contributed by atoms with Crippen LogP contribution in [0.4, 0.5) is 0 Å². The Balaban J connectivity index is 1.94. The predicted molar refractivity (Wildman–Crippen MR) is 61.0 cm³/mol. The molecule has 0 unspecified atom stereocenters. The monoisotopic (exact) mass is 310 g/mol. The van der Waals surface area contributed by atoms with Crippen molar-refractivity contribution >= 4 is 23.9 Å². The zero-order valence-corrected chi connectivity index (χ0v) is 10.6. The predicted octanol–water partition coefficient (Wildman–Crippen LogP) is -0.155. The maximum absolute atomic E-state index is 11.6. The summed E-state index contributed by atoms with van der Waals surface area (Å²) in [6.07, 6.45) is 3.37. The molecule has 0 aromatic heterocycles. The molecule has 0 radical (unpaired) electrons. The minimum atomic E-state index is -1.41. The molecule has 10 nitrogen and oxygen atoms in total. The lowest BCUT2D eigenvalue weighted by Gasteiger charge is -2.05. The zero-order chi connectivity index (χ0) is 16.1. The van der Waals surface area contributed by atoms with Crippen molar-refractivity contribution in [3.05, 3.63) is 48.7 Å². The number of esters is 2. The van der Waals surface area contributed by atoms with Crippen LogP contribution < -0.4 is 0 Å². The van der Waals surface area contributed by atoms with Crippen LogP contribution in [0.25, 0.3) is 0 Å². The quantitative estimate of drug-likeness (QED) is 0.214. The summed E-state index contributed by atoms with van der Waals surface area (Å²) in [5, 5.41) is 0. The normalized spacial score (nSPS) is 14.1. The Kier molecular flexibility index (Phi) is 4.22. The van der Waals surface area contributed by atoms with Gasteiger partial charge in [0.05, 0.1) is 0 Å². The number of carbonyl (C=O) groups excluding carboxylic acids is 4. The van der Waals surface area contributed by atoms with E-state index in [2.05, 4.69) is 35.3 Å². The Morgan fingerprint density at radius 1 is 1.00 bits per heavy atom. The molecule has 0 fully saturated rings. The van der Waals surface area contributed by atoms with Gasteiger partial charge in [-0.25, -0.2) is 29.0 Å². The molecule has 0 amide bonds. The average molecular weight is 310 g/mol. The Bertz CT molecular complexity index is 651. The molecule has 0 saturated carbocycles. The number of ether oxygens (including phenoxy) is 4. The Hall–Kier alpha value is -3.56. The van der Waals surface area contributed by atoms with Gasteiger partial charge in [-0.2, -0.15) is 0 Å². The molecule has 2 rings (SSSR count). The molecule has 0 saturated heterocycles.